The van der Waals surface area contributed by atoms with E-state index in [9.17, 15) is 15.0 Å². The molecule has 1 aliphatic rings. The van der Waals surface area contributed by atoms with E-state index in [4.69, 9.17) is 9.47 Å². The average molecular weight is 338 g/mol. The fourth-order valence-corrected chi connectivity index (χ4v) is 2.56. The number of aliphatic hydroxyl groups excluding tert-OH is 1. The molecule has 2 heterocycles. The lowest BCUT2D eigenvalue weighted by Gasteiger charge is -2.32. The SMILES string of the molecule is CC(C)(C)OC(=O)N1C[C@@H](CO)OCC(O)(Cc2ccccn2)C1. The molecule has 2 atom stereocenters. The van der Waals surface area contributed by atoms with Crippen LogP contribution in [0.5, 0.6) is 0 Å². The van der Waals surface area contributed by atoms with Crippen LogP contribution in [0.2, 0.25) is 0 Å². The molecule has 1 amide bonds. The summed E-state index contributed by atoms with van der Waals surface area (Å²) < 4.78 is 11.0. The van der Waals surface area contributed by atoms with E-state index < -0.39 is 23.4 Å². The molecule has 1 aromatic heterocycles. The van der Waals surface area contributed by atoms with Gasteiger partial charge in [-0.2, -0.15) is 0 Å². The van der Waals surface area contributed by atoms with Crippen LogP contribution in [0.15, 0.2) is 24.4 Å². The van der Waals surface area contributed by atoms with Crippen molar-refractivity contribution in [2.24, 2.45) is 0 Å². The van der Waals surface area contributed by atoms with Gasteiger partial charge in [-0.3, -0.25) is 4.98 Å². The number of hydrogen-bond acceptors (Lipinski definition) is 6. The average Bonchev–Trinajstić information content (AvgIpc) is 2.66. The lowest BCUT2D eigenvalue weighted by molar-refractivity contribution is -0.0638. The molecule has 0 bridgehead atoms. The summed E-state index contributed by atoms with van der Waals surface area (Å²) in [5, 5.41) is 20.3. The molecule has 1 aliphatic heterocycles. The van der Waals surface area contributed by atoms with Crippen molar-refractivity contribution >= 4 is 6.09 Å². The predicted octanol–water partition coefficient (Wildman–Crippen LogP) is 0.983. The summed E-state index contributed by atoms with van der Waals surface area (Å²) in [6.45, 7) is 5.33. The number of carbonyl (C=O) groups is 1. The number of hydrogen-bond donors (Lipinski definition) is 2. The summed E-state index contributed by atoms with van der Waals surface area (Å²) in [4.78, 5) is 18.0. The summed E-state index contributed by atoms with van der Waals surface area (Å²) in [6, 6.07) is 5.45. The molecule has 0 spiro atoms. The van der Waals surface area contributed by atoms with Crippen LogP contribution in [-0.4, -0.2) is 69.8 Å². The monoisotopic (exact) mass is 338 g/mol. The van der Waals surface area contributed by atoms with E-state index in [-0.39, 0.29) is 32.7 Å². The highest BCUT2D eigenvalue weighted by Crippen LogP contribution is 2.21. The van der Waals surface area contributed by atoms with Gasteiger partial charge in [0.05, 0.1) is 32.4 Å². The lowest BCUT2D eigenvalue weighted by Crippen LogP contribution is -2.49. The number of ether oxygens (including phenoxy) is 2. The van der Waals surface area contributed by atoms with Crippen molar-refractivity contribution in [1.29, 1.82) is 0 Å². The van der Waals surface area contributed by atoms with Crippen molar-refractivity contribution in [2.45, 2.75) is 44.5 Å². The Balaban J connectivity index is 2.16. The van der Waals surface area contributed by atoms with Gasteiger partial charge in [0.15, 0.2) is 0 Å². The molecule has 0 saturated carbocycles. The molecule has 1 aromatic rings. The third kappa shape index (κ3) is 5.43. The van der Waals surface area contributed by atoms with E-state index in [1.807, 2.05) is 12.1 Å². The van der Waals surface area contributed by atoms with Gasteiger partial charge in [-0.1, -0.05) is 6.07 Å². The fourth-order valence-electron chi connectivity index (χ4n) is 2.56. The van der Waals surface area contributed by atoms with Gasteiger partial charge >= 0.3 is 6.09 Å². The van der Waals surface area contributed by atoms with E-state index in [1.165, 1.54) is 4.90 Å². The van der Waals surface area contributed by atoms with E-state index in [2.05, 4.69) is 4.98 Å². The van der Waals surface area contributed by atoms with Crippen LogP contribution in [0.25, 0.3) is 0 Å². The fraction of sp³-hybridized carbons (Fsp3) is 0.647. The Morgan fingerprint density at radius 2 is 2.25 bits per heavy atom. The quantitative estimate of drug-likeness (QED) is 0.854. The number of nitrogens with zero attached hydrogens (tertiary/aromatic N) is 2. The second-order valence-corrected chi connectivity index (χ2v) is 7.20. The highest BCUT2D eigenvalue weighted by Gasteiger charge is 2.39. The minimum absolute atomic E-state index is 0.00803. The zero-order valence-electron chi connectivity index (χ0n) is 14.4. The molecule has 24 heavy (non-hydrogen) atoms. The molecular weight excluding hydrogens is 312 g/mol. The second-order valence-electron chi connectivity index (χ2n) is 7.20. The minimum Gasteiger partial charge on any atom is -0.444 e. The topological polar surface area (TPSA) is 92.1 Å². The molecular formula is C17H26N2O5. The largest absolute Gasteiger partial charge is 0.444 e. The molecule has 2 rings (SSSR count). The normalized spacial score (nSPS) is 25.2. The third-order valence-electron chi connectivity index (χ3n) is 3.59. The number of amides is 1. The van der Waals surface area contributed by atoms with Crippen LogP contribution >= 0.6 is 0 Å². The van der Waals surface area contributed by atoms with Gasteiger partial charge < -0.3 is 24.6 Å². The molecule has 7 nitrogen and oxygen atoms in total. The van der Waals surface area contributed by atoms with Gasteiger partial charge in [0.25, 0.3) is 0 Å². The number of rotatable bonds is 3. The summed E-state index contributed by atoms with van der Waals surface area (Å²) in [6.07, 6.45) is 0.796. The first kappa shape index (κ1) is 18.6. The first-order valence-electron chi connectivity index (χ1n) is 8.03. The van der Waals surface area contributed by atoms with Crippen molar-refractivity contribution < 1.29 is 24.5 Å². The van der Waals surface area contributed by atoms with Crippen LogP contribution in [0.1, 0.15) is 26.5 Å². The molecule has 0 aromatic carbocycles. The Morgan fingerprint density at radius 3 is 2.83 bits per heavy atom. The van der Waals surface area contributed by atoms with Crippen molar-refractivity contribution in [2.75, 3.05) is 26.3 Å². The smallest absolute Gasteiger partial charge is 0.410 e. The van der Waals surface area contributed by atoms with Crippen LogP contribution < -0.4 is 0 Å². The predicted molar refractivity (Wildman–Crippen MR) is 87.5 cm³/mol. The number of carbonyl (C=O) groups excluding carboxylic acids is 1. The van der Waals surface area contributed by atoms with Crippen molar-refractivity contribution in [1.82, 2.24) is 9.88 Å². The van der Waals surface area contributed by atoms with Gasteiger partial charge in [0.2, 0.25) is 0 Å². The number of aromatic nitrogens is 1. The standard InChI is InChI=1S/C17H26N2O5/c1-16(2,3)24-15(21)19-9-14(10-20)23-12-17(22,11-19)8-13-6-4-5-7-18-13/h4-7,14,20,22H,8-12H2,1-3H3/t14-,17?/m0/s1. The highest BCUT2D eigenvalue weighted by molar-refractivity contribution is 5.68. The number of aliphatic hydroxyl groups is 2. The Kier molecular flexibility index (Phi) is 5.79. The van der Waals surface area contributed by atoms with Crippen LogP contribution in [0, 0.1) is 0 Å². The Hall–Kier alpha value is -1.70. The summed E-state index contributed by atoms with van der Waals surface area (Å²) >= 11 is 0. The Bertz CT molecular complexity index is 546. The maximum absolute atomic E-state index is 12.4. The maximum atomic E-state index is 12.4. The van der Waals surface area contributed by atoms with Gasteiger partial charge in [-0.15, -0.1) is 0 Å². The number of β-amino-alcohol motifs (C(OH)–C–C–N with tert-alkyl or cyclic N) is 1. The molecule has 1 fully saturated rings. The van der Waals surface area contributed by atoms with Crippen LogP contribution in [-0.2, 0) is 15.9 Å². The van der Waals surface area contributed by atoms with Gasteiger partial charge in [0.1, 0.15) is 11.2 Å². The Labute approximate surface area is 142 Å². The molecule has 2 N–H and O–H groups in total. The first-order chi connectivity index (χ1) is 11.2. The van der Waals surface area contributed by atoms with E-state index in [0.717, 1.165) is 0 Å². The molecule has 0 aliphatic carbocycles. The molecule has 7 heteroatoms. The third-order valence-corrected chi connectivity index (χ3v) is 3.59. The lowest BCUT2D eigenvalue weighted by atomic mass is 9.98. The summed E-state index contributed by atoms with van der Waals surface area (Å²) in [5.74, 6) is 0. The van der Waals surface area contributed by atoms with E-state index in [0.29, 0.717) is 5.69 Å². The number of pyridine rings is 1. The molecule has 0 radical (unpaired) electrons. The van der Waals surface area contributed by atoms with Crippen molar-refractivity contribution in [3.63, 3.8) is 0 Å². The van der Waals surface area contributed by atoms with Crippen molar-refractivity contribution in [3.05, 3.63) is 30.1 Å². The van der Waals surface area contributed by atoms with Crippen LogP contribution in [0.4, 0.5) is 4.79 Å². The zero-order chi connectivity index (χ0) is 17.8. The summed E-state index contributed by atoms with van der Waals surface area (Å²) in [7, 11) is 0. The molecule has 134 valence electrons. The highest BCUT2D eigenvalue weighted by atomic mass is 16.6. The maximum Gasteiger partial charge on any atom is 0.410 e. The van der Waals surface area contributed by atoms with Crippen molar-refractivity contribution in [3.8, 4) is 0 Å². The van der Waals surface area contributed by atoms with Crippen LogP contribution in [0.3, 0.4) is 0 Å². The molecule has 1 saturated heterocycles. The van der Waals surface area contributed by atoms with Gasteiger partial charge in [0, 0.05) is 18.3 Å². The minimum atomic E-state index is -1.30. The van der Waals surface area contributed by atoms with Gasteiger partial charge in [-0.25, -0.2) is 4.79 Å². The van der Waals surface area contributed by atoms with E-state index in [1.54, 1.807) is 33.0 Å². The Morgan fingerprint density at radius 1 is 1.50 bits per heavy atom. The second kappa shape index (κ2) is 7.46. The zero-order valence-corrected chi connectivity index (χ0v) is 14.4. The molecule has 1 unspecified atom stereocenters. The summed E-state index contributed by atoms with van der Waals surface area (Å²) in [5.41, 5.74) is -1.23. The van der Waals surface area contributed by atoms with Gasteiger partial charge in [-0.05, 0) is 32.9 Å². The first-order valence-corrected chi connectivity index (χ1v) is 8.03. The van der Waals surface area contributed by atoms with E-state index >= 15 is 0 Å².